The van der Waals surface area contributed by atoms with Gasteiger partial charge in [-0.25, -0.2) is 4.99 Å². The van der Waals surface area contributed by atoms with E-state index in [0.717, 1.165) is 37.1 Å². The first kappa shape index (κ1) is 17.4. The summed E-state index contributed by atoms with van der Waals surface area (Å²) in [7, 11) is 0. The summed E-state index contributed by atoms with van der Waals surface area (Å²) in [6.07, 6.45) is 13.2. The first-order valence-corrected chi connectivity index (χ1v) is 10.2. The van der Waals surface area contributed by atoms with Gasteiger partial charge >= 0.3 is 0 Å². The molecular weight excluding hydrogens is 324 g/mol. The van der Waals surface area contributed by atoms with E-state index >= 15 is 0 Å². The molecule has 2 aliphatic heterocycles. The van der Waals surface area contributed by atoms with Crippen molar-refractivity contribution >= 4 is 6.02 Å². The second-order valence-electron chi connectivity index (χ2n) is 7.72. The molecule has 0 radical (unpaired) electrons. The van der Waals surface area contributed by atoms with Crippen molar-refractivity contribution in [2.75, 3.05) is 13.2 Å². The van der Waals surface area contributed by atoms with Crippen molar-refractivity contribution in [2.24, 2.45) is 4.99 Å². The molecule has 4 nitrogen and oxygen atoms in total. The second-order valence-corrected chi connectivity index (χ2v) is 7.72. The number of amidine groups is 1. The summed E-state index contributed by atoms with van der Waals surface area (Å²) >= 11 is 0. The Kier molecular flexibility index (Phi) is 5.47. The van der Waals surface area contributed by atoms with E-state index in [2.05, 4.69) is 47.2 Å². The molecule has 1 unspecified atom stereocenters. The van der Waals surface area contributed by atoms with Crippen LogP contribution in [-0.2, 0) is 4.74 Å². The lowest BCUT2D eigenvalue weighted by Crippen LogP contribution is -2.37. The van der Waals surface area contributed by atoms with E-state index in [9.17, 15) is 0 Å². The molecule has 0 spiro atoms. The van der Waals surface area contributed by atoms with Gasteiger partial charge in [0.2, 0.25) is 0 Å². The van der Waals surface area contributed by atoms with Crippen LogP contribution in [0.15, 0.2) is 41.5 Å². The Morgan fingerprint density at radius 3 is 2.73 bits per heavy atom. The van der Waals surface area contributed by atoms with Crippen molar-refractivity contribution in [1.82, 2.24) is 4.90 Å². The number of hydrogen-bond donors (Lipinski definition) is 0. The van der Waals surface area contributed by atoms with E-state index in [1.807, 2.05) is 6.20 Å². The summed E-state index contributed by atoms with van der Waals surface area (Å²) in [5.74, 6) is 1.68. The molecule has 1 aromatic rings. The van der Waals surface area contributed by atoms with Crippen molar-refractivity contribution in [3.63, 3.8) is 0 Å². The Morgan fingerprint density at radius 1 is 1.15 bits per heavy atom. The van der Waals surface area contributed by atoms with Gasteiger partial charge < -0.3 is 14.4 Å². The van der Waals surface area contributed by atoms with Gasteiger partial charge in [0.25, 0.3) is 6.02 Å². The van der Waals surface area contributed by atoms with Crippen molar-refractivity contribution in [2.45, 2.75) is 69.9 Å². The van der Waals surface area contributed by atoms with Gasteiger partial charge in [0.15, 0.2) is 6.10 Å². The van der Waals surface area contributed by atoms with E-state index < -0.39 is 0 Å². The van der Waals surface area contributed by atoms with E-state index in [1.165, 1.54) is 37.7 Å². The highest BCUT2D eigenvalue weighted by atomic mass is 16.6. The van der Waals surface area contributed by atoms with E-state index in [-0.39, 0.29) is 6.10 Å². The highest BCUT2D eigenvalue weighted by Crippen LogP contribution is 2.33. The summed E-state index contributed by atoms with van der Waals surface area (Å²) in [4.78, 5) is 6.64. The number of nitrogens with zero attached hydrogens (tertiary/aromatic N) is 2. The summed E-state index contributed by atoms with van der Waals surface area (Å²) < 4.78 is 12.0. The third kappa shape index (κ3) is 3.89. The second kappa shape index (κ2) is 8.15. The number of hydrogen-bond acceptors (Lipinski definition) is 4. The quantitative estimate of drug-likeness (QED) is 0.731. The molecule has 1 saturated heterocycles. The van der Waals surface area contributed by atoms with Crippen molar-refractivity contribution in [3.8, 4) is 5.75 Å². The number of fused-ring (bicyclic) bond motifs is 1. The van der Waals surface area contributed by atoms with Crippen LogP contribution in [0.2, 0.25) is 0 Å². The van der Waals surface area contributed by atoms with Crippen LogP contribution in [0.3, 0.4) is 0 Å². The predicted octanol–water partition coefficient (Wildman–Crippen LogP) is 4.87. The normalized spacial score (nSPS) is 25.6. The third-order valence-electron chi connectivity index (χ3n) is 5.79. The topological polar surface area (TPSA) is 34.1 Å². The molecule has 1 aliphatic carbocycles. The number of aliphatic imine (C=N–C) groups is 1. The van der Waals surface area contributed by atoms with Crippen molar-refractivity contribution in [1.29, 1.82) is 0 Å². The molecule has 3 aliphatic rings. The van der Waals surface area contributed by atoms with Crippen LogP contribution in [0.5, 0.6) is 5.75 Å². The Hall–Kier alpha value is -1.97. The highest BCUT2D eigenvalue weighted by molar-refractivity contribution is 5.78. The van der Waals surface area contributed by atoms with Crippen LogP contribution in [0, 0.1) is 0 Å². The largest absolute Gasteiger partial charge is 0.490 e. The molecule has 1 aromatic carbocycles. The van der Waals surface area contributed by atoms with Gasteiger partial charge in [0, 0.05) is 6.20 Å². The molecule has 2 heterocycles. The van der Waals surface area contributed by atoms with Gasteiger partial charge in [-0.1, -0.05) is 44.7 Å². The monoisotopic (exact) mass is 354 g/mol. The zero-order valence-corrected chi connectivity index (χ0v) is 15.8. The molecule has 2 fully saturated rings. The smallest absolute Gasteiger partial charge is 0.293 e. The van der Waals surface area contributed by atoms with Crippen molar-refractivity contribution in [3.05, 3.63) is 42.1 Å². The highest BCUT2D eigenvalue weighted by Gasteiger charge is 2.34. The lowest BCUT2D eigenvalue weighted by Gasteiger charge is -2.26. The van der Waals surface area contributed by atoms with E-state index in [0.29, 0.717) is 12.6 Å². The van der Waals surface area contributed by atoms with E-state index in [1.54, 1.807) is 0 Å². The Bertz CT molecular complexity index is 647. The third-order valence-corrected chi connectivity index (χ3v) is 5.79. The summed E-state index contributed by atoms with van der Waals surface area (Å²) in [6.45, 7) is 3.64. The first-order valence-electron chi connectivity index (χ1n) is 10.2. The average molecular weight is 354 g/mol. The molecule has 4 rings (SSSR count). The van der Waals surface area contributed by atoms with Gasteiger partial charge in [-0.05, 0) is 49.0 Å². The Morgan fingerprint density at radius 2 is 1.96 bits per heavy atom. The summed E-state index contributed by atoms with van der Waals surface area (Å²) in [6, 6.07) is 9.89. The lowest BCUT2D eigenvalue weighted by molar-refractivity contribution is 0.145. The van der Waals surface area contributed by atoms with Gasteiger partial charge in [-0.3, -0.25) is 0 Å². The zero-order valence-electron chi connectivity index (χ0n) is 15.8. The van der Waals surface area contributed by atoms with Crippen LogP contribution in [0.25, 0.3) is 0 Å². The fourth-order valence-electron chi connectivity index (χ4n) is 4.34. The van der Waals surface area contributed by atoms with Crippen molar-refractivity contribution < 1.29 is 9.47 Å². The molecule has 0 amide bonds. The van der Waals surface area contributed by atoms with Gasteiger partial charge in [-0.15, -0.1) is 0 Å². The van der Waals surface area contributed by atoms with Gasteiger partial charge in [0.05, 0.1) is 12.6 Å². The SMILES string of the molecule is CCCC1C=CN=C2O[C@H](COc3ccc(C4CCCCC4)cc3)CN21. The first-order chi connectivity index (χ1) is 12.8. The molecule has 4 heteroatoms. The standard InChI is InChI=1S/C22H30N2O2/c1-2-6-19-13-14-23-22-24(19)15-21(26-22)16-25-20-11-9-18(10-12-20)17-7-4-3-5-8-17/h9-14,17,19,21H,2-8,15-16H2,1H3/t19?,21-/m0/s1. The number of ether oxygens (including phenoxy) is 2. The van der Waals surface area contributed by atoms with Crippen LogP contribution in [-0.4, -0.2) is 36.2 Å². The van der Waals surface area contributed by atoms with Crippen LogP contribution < -0.4 is 4.74 Å². The number of benzene rings is 1. The minimum atomic E-state index is 0.0472. The average Bonchev–Trinajstić information content (AvgIpc) is 3.12. The maximum absolute atomic E-state index is 6.01. The lowest BCUT2D eigenvalue weighted by atomic mass is 9.84. The molecule has 0 aromatic heterocycles. The van der Waals surface area contributed by atoms with Gasteiger partial charge in [-0.2, -0.15) is 0 Å². The fraction of sp³-hybridized carbons (Fsp3) is 0.591. The molecule has 140 valence electrons. The molecular formula is C22H30N2O2. The molecule has 0 bridgehead atoms. The molecule has 2 atom stereocenters. The Labute approximate surface area is 156 Å². The minimum absolute atomic E-state index is 0.0472. The van der Waals surface area contributed by atoms with Crippen LogP contribution in [0.1, 0.15) is 63.4 Å². The fourth-order valence-corrected chi connectivity index (χ4v) is 4.34. The maximum atomic E-state index is 6.01. The van der Waals surface area contributed by atoms with Crippen LogP contribution in [0.4, 0.5) is 0 Å². The maximum Gasteiger partial charge on any atom is 0.293 e. The Balaban J connectivity index is 1.29. The molecule has 0 N–H and O–H groups in total. The molecule has 26 heavy (non-hydrogen) atoms. The zero-order chi connectivity index (χ0) is 17.8. The van der Waals surface area contributed by atoms with Gasteiger partial charge in [0.1, 0.15) is 12.4 Å². The summed E-state index contributed by atoms with van der Waals surface area (Å²) in [5.41, 5.74) is 1.47. The minimum Gasteiger partial charge on any atom is -0.490 e. The number of rotatable bonds is 6. The molecule has 1 saturated carbocycles. The van der Waals surface area contributed by atoms with E-state index in [4.69, 9.17) is 9.47 Å². The summed E-state index contributed by atoms with van der Waals surface area (Å²) in [5, 5.41) is 0. The predicted molar refractivity (Wildman–Crippen MR) is 105 cm³/mol. The van der Waals surface area contributed by atoms with Crippen LogP contribution >= 0.6 is 0 Å².